The fourth-order valence-corrected chi connectivity index (χ4v) is 7.86. The molecule has 4 unspecified atom stereocenters. The van der Waals surface area contributed by atoms with E-state index in [1.165, 1.54) is 32.1 Å². The molecule has 0 aromatic rings. The molecule has 4 N–H and O–H groups in total. The molecule has 4 rings (SSSR count). The Morgan fingerprint density at radius 1 is 1.00 bits per heavy atom. The fourth-order valence-electron chi connectivity index (χ4n) is 7.86. The first-order valence-corrected chi connectivity index (χ1v) is 11.3. The maximum atomic E-state index is 13.2. The number of hydrogen-bond acceptors (Lipinski definition) is 3. The molecule has 0 amide bonds. The highest BCUT2D eigenvalue weighted by molar-refractivity contribution is 5.75. The van der Waals surface area contributed by atoms with Crippen LogP contribution in [0.15, 0.2) is 4.99 Å². The van der Waals surface area contributed by atoms with Crippen LogP contribution in [0.25, 0.3) is 0 Å². The normalized spacial score (nSPS) is 47.7. The van der Waals surface area contributed by atoms with Gasteiger partial charge in [0.2, 0.25) is 0 Å². The lowest BCUT2D eigenvalue weighted by atomic mass is 9.45. The molecule has 0 aliphatic heterocycles. The number of nitrogens with two attached hydrogens (primary N) is 2. The number of hydrogen-bond donors (Lipinski definition) is 2. The van der Waals surface area contributed by atoms with Crippen molar-refractivity contribution in [3.8, 4) is 0 Å². The van der Waals surface area contributed by atoms with Gasteiger partial charge < -0.3 is 16.2 Å². The highest BCUT2D eigenvalue weighted by Gasteiger charge is 2.60. The number of fused-ring (bicyclic) bond motifs is 5. The molecule has 8 atom stereocenters. The quantitative estimate of drug-likeness (QED) is 0.419. The molecule has 4 aliphatic carbocycles. The Morgan fingerprint density at radius 3 is 2.50 bits per heavy atom. The number of nitrogens with zero attached hydrogens (tertiary/aromatic N) is 1. The molecule has 4 saturated carbocycles. The van der Waals surface area contributed by atoms with Gasteiger partial charge in [0.1, 0.15) is 6.10 Å². The Hall–Kier alpha value is -0.880. The average molecular weight is 396 g/mol. The summed E-state index contributed by atoms with van der Waals surface area (Å²) < 4.78 is 19.3. The third-order valence-electron chi connectivity index (χ3n) is 9.38. The van der Waals surface area contributed by atoms with Crippen molar-refractivity contribution in [1.82, 2.24) is 0 Å². The Morgan fingerprint density at radius 2 is 1.75 bits per heavy atom. The predicted molar refractivity (Wildman–Crippen MR) is 108 cm³/mol. The minimum absolute atomic E-state index is 0.0464. The fraction of sp³-hybridized carbons (Fsp3) is 0.955. The van der Waals surface area contributed by atoms with Gasteiger partial charge in [0.25, 0.3) is 0 Å². The third-order valence-corrected chi connectivity index (χ3v) is 9.38. The smallest absolute Gasteiger partial charge is 0.185 e. The zero-order valence-electron chi connectivity index (χ0n) is 17.5. The third kappa shape index (κ3) is 3.34. The maximum absolute atomic E-state index is 13.2. The summed E-state index contributed by atoms with van der Waals surface area (Å²) in [5.74, 6) is 3.05. The van der Waals surface area contributed by atoms with E-state index in [2.05, 4.69) is 23.8 Å². The number of halogens is 1. The molecule has 5 nitrogen and oxygen atoms in total. The van der Waals surface area contributed by atoms with Crippen molar-refractivity contribution >= 4 is 5.96 Å². The van der Waals surface area contributed by atoms with Crippen LogP contribution in [0, 0.1) is 34.5 Å². The van der Waals surface area contributed by atoms with Gasteiger partial charge in [-0.1, -0.05) is 13.8 Å². The van der Waals surface area contributed by atoms with Gasteiger partial charge in [0.05, 0.1) is 19.3 Å². The van der Waals surface area contributed by atoms with E-state index in [4.69, 9.17) is 16.2 Å². The topological polar surface area (TPSA) is 82.9 Å². The molecule has 0 spiro atoms. The van der Waals surface area contributed by atoms with E-state index in [0.29, 0.717) is 30.6 Å². The maximum Gasteiger partial charge on any atom is 0.185 e. The molecule has 0 heterocycles. The largest absolute Gasteiger partial charge is 0.376 e. The Bertz CT molecular complexity index is 598. The highest BCUT2D eigenvalue weighted by atomic mass is 19.3. The molecular weight excluding hydrogens is 357 g/mol. The minimum atomic E-state index is -0.182. The predicted octanol–water partition coefficient (Wildman–Crippen LogP) is 3.96. The monoisotopic (exact) mass is 395 g/mol. The van der Waals surface area contributed by atoms with Crippen LogP contribution in [-0.2, 0) is 9.68 Å². The minimum Gasteiger partial charge on any atom is -0.376 e. The molecule has 0 bridgehead atoms. The second-order valence-corrected chi connectivity index (χ2v) is 10.4. The molecule has 28 heavy (non-hydrogen) atoms. The molecule has 0 saturated heterocycles. The number of guanidine groups is 1. The molecule has 0 radical (unpaired) electrons. The van der Waals surface area contributed by atoms with Crippen molar-refractivity contribution in [1.29, 1.82) is 0 Å². The van der Waals surface area contributed by atoms with Crippen LogP contribution in [0.1, 0.15) is 71.6 Å². The Labute approximate surface area is 168 Å². The molecular formula is C22H38FN3O2. The van der Waals surface area contributed by atoms with Crippen molar-refractivity contribution in [3.05, 3.63) is 0 Å². The zero-order valence-corrected chi connectivity index (χ0v) is 17.5. The molecule has 160 valence electrons. The van der Waals surface area contributed by atoms with Crippen LogP contribution in [0.5, 0.6) is 0 Å². The Kier molecular flexibility index (Phi) is 5.64. The number of aliphatic imine (C=N–C) groups is 1. The summed E-state index contributed by atoms with van der Waals surface area (Å²) in [6, 6.07) is 0. The lowest BCUT2D eigenvalue weighted by Crippen LogP contribution is -2.54. The van der Waals surface area contributed by atoms with Gasteiger partial charge in [-0.3, -0.25) is 4.99 Å². The van der Waals surface area contributed by atoms with Gasteiger partial charge in [0, 0.05) is 5.41 Å². The van der Waals surface area contributed by atoms with Crippen molar-refractivity contribution in [2.45, 2.75) is 83.8 Å². The van der Waals surface area contributed by atoms with Crippen molar-refractivity contribution in [3.63, 3.8) is 0 Å². The molecule has 6 heteroatoms. The summed E-state index contributed by atoms with van der Waals surface area (Å²) in [4.78, 5) is 8.45. The van der Waals surface area contributed by atoms with Crippen molar-refractivity contribution in [2.24, 2.45) is 51.0 Å². The van der Waals surface area contributed by atoms with Gasteiger partial charge in [-0.25, -0.2) is 0 Å². The summed E-state index contributed by atoms with van der Waals surface area (Å²) in [5.41, 5.74) is 11.2. The van der Waals surface area contributed by atoms with Crippen LogP contribution < -0.4 is 11.5 Å². The number of ether oxygens (including phenoxy) is 1. The van der Waals surface area contributed by atoms with Gasteiger partial charge >= 0.3 is 0 Å². The summed E-state index contributed by atoms with van der Waals surface area (Å²) in [5, 5.41) is 0. The molecule has 4 aliphatic rings. The summed E-state index contributed by atoms with van der Waals surface area (Å²) in [6.45, 7) is 5.98. The lowest BCUT2D eigenvalue weighted by molar-refractivity contribution is -0.226. The van der Waals surface area contributed by atoms with E-state index in [1.54, 1.807) is 0 Å². The van der Waals surface area contributed by atoms with Gasteiger partial charge in [-0.05, 0) is 91.4 Å². The van der Waals surface area contributed by atoms with Gasteiger partial charge in [0.15, 0.2) is 5.96 Å². The molecule has 4 fully saturated rings. The lowest BCUT2D eigenvalue weighted by Gasteiger charge is -2.60. The van der Waals surface area contributed by atoms with Gasteiger partial charge in [-0.15, -0.1) is 0 Å². The van der Waals surface area contributed by atoms with Crippen LogP contribution in [-0.4, -0.2) is 31.3 Å². The standard InChI is InChI=1S/C22H38FN3O2/c1-21-9-7-15(27-12-11-26-20(24)25)13-14(21)3-4-16-17-5-6-19(28-23)22(17,2)10-8-18(16)21/h14-19H,3-13H2,1-2H3,(H4,24,25,26)/t14?,15-,16?,17?,18?,19-,21-,22-/m0/s1. The van der Waals surface area contributed by atoms with Crippen molar-refractivity contribution in [2.75, 3.05) is 13.2 Å². The summed E-state index contributed by atoms with van der Waals surface area (Å²) in [6.07, 6.45) is 10.7. The first-order valence-electron chi connectivity index (χ1n) is 11.3. The van der Waals surface area contributed by atoms with E-state index in [1.807, 2.05) is 0 Å². The second-order valence-electron chi connectivity index (χ2n) is 10.4. The van der Waals surface area contributed by atoms with Crippen LogP contribution >= 0.6 is 0 Å². The summed E-state index contributed by atoms with van der Waals surface area (Å²) in [7, 11) is 0. The first-order chi connectivity index (χ1) is 13.4. The highest BCUT2D eigenvalue weighted by Crippen LogP contribution is 2.66. The van der Waals surface area contributed by atoms with E-state index in [9.17, 15) is 4.53 Å². The zero-order chi connectivity index (χ0) is 19.9. The van der Waals surface area contributed by atoms with Crippen LogP contribution in [0.4, 0.5) is 4.53 Å². The summed E-state index contributed by atoms with van der Waals surface area (Å²) >= 11 is 0. The van der Waals surface area contributed by atoms with Crippen LogP contribution in [0.2, 0.25) is 0 Å². The van der Waals surface area contributed by atoms with Crippen molar-refractivity contribution < 1.29 is 14.2 Å². The van der Waals surface area contributed by atoms with E-state index < -0.39 is 0 Å². The van der Waals surface area contributed by atoms with Crippen LogP contribution in [0.3, 0.4) is 0 Å². The molecule has 0 aromatic heterocycles. The second kappa shape index (κ2) is 7.75. The van der Waals surface area contributed by atoms with E-state index >= 15 is 0 Å². The average Bonchev–Trinajstić information content (AvgIpc) is 3.01. The number of rotatable bonds is 5. The van der Waals surface area contributed by atoms with E-state index in [0.717, 1.165) is 43.4 Å². The Balaban J connectivity index is 1.40. The first kappa shape index (κ1) is 20.4. The van der Waals surface area contributed by atoms with E-state index in [-0.39, 0.29) is 17.5 Å². The van der Waals surface area contributed by atoms with Gasteiger partial charge in [-0.2, -0.15) is 4.94 Å². The SMILES string of the molecule is C[C@]12CC[C@H](OCCN=C(N)N)CC1CCC1C2CC[C@@]2(C)C1CC[C@@H]2OF. The molecule has 0 aromatic carbocycles.